The highest BCUT2D eigenvalue weighted by Gasteiger charge is 2.47. The van der Waals surface area contributed by atoms with E-state index in [0.717, 1.165) is 4.90 Å². The van der Waals surface area contributed by atoms with Gasteiger partial charge in [-0.2, -0.15) is 21.6 Å². The first kappa shape index (κ1) is 22.9. The summed E-state index contributed by atoms with van der Waals surface area (Å²) in [7, 11) is -6.13. The predicted octanol–water partition coefficient (Wildman–Crippen LogP) is 2.32. The number of halogens is 3. The lowest BCUT2D eigenvalue weighted by molar-refractivity contribution is -0.0437. The van der Waals surface area contributed by atoms with E-state index in [2.05, 4.69) is 19.6 Å². The van der Waals surface area contributed by atoms with Gasteiger partial charge in [0.25, 0.3) is 0 Å². The number of ether oxygens (including phenoxy) is 2. The van der Waals surface area contributed by atoms with E-state index in [-0.39, 0.29) is 0 Å². The Kier molecular flexibility index (Phi) is 6.48. The van der Waals surface area contributed by atoms with Crippen molar-refractivity contribution in [3.8, 4) is 0 Å². The van der Waals surface area contributed by atoms with Gasteiger partial charge >= 0.3 is 33.8 Å². The molecule has 0 aliphatic heterocycles. The number of carbonyl (C=O) groups is 2. The number of hydrogen-bond acceptors (Lipinski definition) is 6. The highest BCUT2D eigenvalue weighted by molar-refractivity contribution is 7.91. The second kappa shape index (κ2) is 7.06. The molecule has 0 saturated carbocycles. The molecule has 0 aromatic rings. The monoisotopic (exact) mass is 391 g/mol. The van der Waals surface area contributed by atoms with E-state index in [1.807, 2.05) is 0 Å². The van der Waals surface area contributed by atoms with E-state index >= 15 is 0 Å². The lowest BCUT2D eigenvalue weighted by atomic mass is 9.97. The van der Waals surface area contributed by atoms with E-state index in [4.69, 9.17) is 0 Å². The summed E-state index contributed by atoms with van der Waals surface area (Å²) < 4.78 is 69.8. The zero-order valence-electron chi connectivity index (χ0n) is 14.5. The normalized spacial score (nSPS) is 14.0. The van der Waals surface area contributed by atoms with Crippen LogP contribution >= 0.6 is 0 Å². The Hall–Kier alpha value is -2.05. The van der Waals surface area contributed by atoms with Crippen molar-refractivity contribution in [2.45, 2.75) is 58.1 Å². The van der Waals surface area contributed by atoms with Crippen LogP contribution in [0, 0.1) is 0 Å². The van der Waals surface area contributed by atoms with Gasteiger partial charge in [-0.05, 0) is 41.5 Å². The molecule has 0 rings (SSSR count). The fraction of sp³-hybridized carbons (Fsp3) is 0.750. The minimum Gasteiger partial charge on any atom is -0.360 e. The first-order valence-corrected chi connectivity index (χ1v) is 8.13. The Morgan fingerprint density at radius 3 is 1.64 bits per heavy atom. The van der Waals surface area contributed by atoms with Crippen molar-refractivity contribution in [3.05, 3.63) is 0 Å². The molecule has 0 atom stereocenters. The van der Waals surface area contributed by atoms with Crippen LogP contribution in [-0.2, 0) is 19.5 Å². The molecule has 9 nitrogen and oxygen atoms in total. The minimum absolute atomic E-state index is 0.879. The molecule has 0 aromatic carbocycles. The van der Waals surface area contributed by atoms with Gasteiger partial charge in [0.15, 0.2) is 0 Å². The fourth-order valence-electron chi connectivity index (χ4n) is 1.97. The van der Waals surface area contributed by atoms with Gasteiger partial charge in [0, 0.05) is 11.1 Å². The highest BCUT2D eigenvalue weighted by atomic mass is 32.2. The van der Waals surface area contributed by atoms with Gasteiger partial charge in [0.2, 0.25) is 0 Å². The predicted molar refractivity (Wildman–Crippen MR) is 80.9 cm³/mol. The summed E-state index contributed by atoms with van der Waals surface area (Å²) in [5.41, 5.74) is -2.93. The van der Waals surface area contributed by atoms with Gasteiger partial charge in [-0.3, -0.25) is 4.90 Å². The number of primary amides is 1. The number of nitrogens with two attached hydrogens (primary N) is 1. The molecule has 0 aliphatic rings. The quantitative estimate of drug-likeness (QED) is 0.539. The SMILES string of the molecule is CC(C)(C)N(C(=O)OC(=NS(=O)(=O)C(F)(F)F)OC(N)=O)C(C)(C)C. The summed E-state index contributed by atoms with van der Waals surface area (Å²) >= 11 is 0. The smallest absolute Gasteiger partial charge is 0.360 e. The molecule has 0 aliphatic carbocycles. The number of alkyl halides is 3. The standard InChI is InChI=1S/C12H20F3N3O6S/c1-10(2,3)18(11(4,5)6)9(20)24-8(23-7(16)19)17-25(21,22)12(13,14)15/h1-6H3,(H2,16,19). The van der Waals surface area contributed by atoms with Crippen molar-refractivity contribution in [2.24, 2.45) is 10.1 Å². The minimum atomic E-state index is -6.13. The van der Waals surface area contributed by atoms with Crippen LogP contribution < -0.4 is 5.73 Å². The molecular weight excluding hydrogens is 371 g/mol. The van der Waals surface area contributed by atoms with Crippen LogP contribution in [0.15, 0.2) is 4.40 Å². The lowest BCUT2D eigenvalue weighted by Gasteiger charge is -2.43. The summed E-state index contributed by atoms with van der Waals surface area (Å²) in [5.74, 6) is 0. The lowest BCUT2D eigenvalue weighted by Crippen LogP contribution is -2.56. The van der Waals surface area contributed by atoms with Gasteiger partial charge in [-0.1, -0.05) is 4.40 Å². The molecule has 2 amide bonds. The number of amides is 2. The Balaban J connectivity index is 5.91. The summed E-state index contributed by atoms with van der Waals surface area (Å²) in [5, 5.41) is 0. The van der Waals surface area contributed by atoms with E-state index < -0.39 is 44.9 Å². The van der Waals surface area contributed by atoms with Crippen molar-refractivity contribution >= 4 is 28.3 Å². The third kappa shape index (κ3) is 6.76. The number of nitrogens with zero attached hydrogens (tertiary/aromatic N) is 2. The average Bonchev–Trinajstić information content (AvgIpc) is 2.19. The second-order valence-corrected chi connectivity index (χ2v) is 8.34. The molecule has 0 saturated heterocycles. The molecule has 0 bridgehead atoms. The largest absolute Gasteiger partial charge is 0.518 e. The maximum Gasteiger partial charge on any atom is 0.518 e. The third-order valence-corrected chi connectivity index (χ3v) is 3.35. The van der Waals surface area contributed by atoms with Crippen molar-refractivity contribution < 1.29 is 40.7 Å². The summed E-state index contributed by atoms with van der Waals surface area (Å²) in [6, 6.07) is 0. The van der Waals surface area contributed by atoms with Gasteiger partial charge in [0.05, 0.1) is 0 Å². The van der Waals surface area contributed by atoms with Gasteiger partial charge in [0.1, 0.15) is 0 Å². The van der Waals surface area contributed by atoms with Crippen LogP contribution in [0.1, 0.15) is 41.5 Å². The Labute approximate surface area is 143 Å². The molecule has 2 N–H and O–H groups in total. The van der Waals surface area contributed by atoms with Crippen LogP contribution in [0.2, 0.25) is 0 Å². The fourth-order valence-corrected chi connectivity index (χ4v) is 2.34. The van der Waals surface area contributed by atoms with Crippen LogP contribution in [-0.4, -0.2) is 48.2 Å². The molecule has 0 heterocycles. The Morgan fingerprint density at radius 1 is 0.960 bits per heavy atom. The van der Waals surface area contributed by atoms with Crippen molar-refractivity contribution in [1.82, 2.24) is 4.90 Å². The van der Waals surface area contributed by atoms with Gasteiger partial charge in [-0.25, -0.2) is 9.59 Å². The van der Waals surface area contributed by atoms with Crippen LogP contribution in [0.25, 0.3) is 0 Å². The zero-order valence-corrected chi connectivity index (χ0v) is 15.3. The van der Waals surface area contributed by atoms with Gasteiger partial charge in [-0.15, -0.1) is 0 Å². The molecule has 0 spiro atoms. The zero-order chi connectivity index (χ0) is 20.4. The molecule has 13 heteroatoms. The second-order valence-electron chi connectivity index (χ2n) is 6.74. The number of hydrogen-bond donors (Lipinski definition) is 1. The topological polar surface area (TPSA) is 128 Å². The third-order valence-electron chi connectivity index (χ3n) is 2.37. The number of sulfonamides is 1. The first-order valence-electron chi connectivity index (χ1n) is 6.69. The molecule has 0 radical (unpaired) electrons. The van der Waals surface area contributed by atoms with Crippen LogP contribution in [0.5, 0.6) is 0 Å². The molecule has 0 unspecified atom stereocenters. The van der Waals surface area contributed by atoms with Crippen molar-refractivity contribution in [3.63, 3.8) is 0 Å². The van der Waals surface area contributed by atoms with Crippen molar-refractivity contribution in [1.29, 1.82) is 0 Å². The number of rotatable bonds is 1. The van der Waals surface area contributed by atoms with Gasteiger partial charge < -0.3 is 15.2 Å². The maximum atomic E-state index is 12.4. The van der Waals surface area contributed by atoms with E-state index in [1.165, 1.54) is 0 Å². The first-order chi connectivity index (χ1) is 10.8. The summed E-state index contributed by atoms with van der Waals surface area (Å²) in [4.78, 5) is 24.1. The Bertz CT molecular complexity index is 645. The highest BCUT2D eigenvalue weighted by Crippen LogP contribution is 2.27. The van der Waals surface area contributed by atoms with E-state index in [0.29, 0.717) is 0 Å². The maximum absolute atomic E-state index is 12.4. The molecular formula is C12H20F3N3O6S. The van der Waals surface area contributed by atoms with E-state index in [9.17, 15) is 31.2 Å². The molecule has 146 valence electrons. The molecule has 0 aromatic heterocycles. The molecule has 25 heavy (non-hydrogen) atoms. The summed E-state index contributed by atoms with van der Waals surface area (Å²) in [6.07, 6.45) is -4.77. The van der Waals surface area contributed by atoms with E-state index in [1.54, 1.807) is 41.5 Å². The van der Waals surface area contributed by atoms with Crippen LogP contribution in [0.4, 0.5) is 22.8 Å². The van der Waals surface area contributed by atoms with Crippen LogP contribution in [0.3, 0.4) is 0 Å². The van der Waals surface area contributed by atoms with Crippen molar-refractivity contribution in [2.75, 3.05) is 0 Å². The number of carbonyl (C=O) groups excluding carboxylic acids is 2. The average molecular weight is 391 g/mol. The Morgan fingerprint density at radius 2 is 1.36 bits per heavy atom. The molecule has 0 fully saturated rings. The summed E-state index contributed by atoms with van der Waals surface area (Å²) in [6.45, 7) is 9.57.